The number of benzene rings is 1. The number of aromatic nitrogens is 1. The van der Waals surface area contributed by atoms with Crippen LogP contribution in [0.3, 0.4) is 0 Å². The maximum Gasteiger partial charge on any atom is 0.247 e. The number of amides is 2. The zero-order valence-corrected chi connectivity index (χ0v) is 13.0. The zero-order valence-electron chi connectivity index (χ0n) is 13.0. The molecule has 0 bridgehead atoms. The summed E-state index contributed by atoms with van der Waals surface area (Å²) >= 11 is 0. The molecule has 5 nitrogen and oxygen atoms in total. The molecule has 0 fully saturated rings. The van der Waals surface area contributed by atoms with Crippen LogP contribution in [0.4, 0.5) is 0 Å². The van der Waals surface area contributed by atoms with Crippen LogP contribution < -0.4 is 5.32 Å². The summed E-state index contributed by atoms with van der Waals surface area (Å²) < 4.78 is 0. The molecule has 1 aromatic heterocycles. The number of hydrogen-bond donors (Lipinski definition) is 2. The van der Waals surface area contributed by atoms with Gasteiger partial charge in [0.05, 0.1) is 0 Å². The Morgan fingerprint density at radius 3 is 2.70 bits per heavy atom. The molecular weight excluding hydrogens is 290 g/mol. The van der Waals surface area contributed by atoms with E-state index in [4.69, 9.17) is 0 Å². The fraction of sp³-hybridized carbons (Fsp3) is 0.222. The molecule has 0 saturated heterocycles. The van der Waals surface area contributed by atoms with E-state index in [9.17, 15) is 9.59 Å². The van der Waals surface area contributed by atoms with Crippen molar-refractivity contribution in [2.75, 3.05) is 7.05 Å². The SMILES string of the molecule is CNC(=O)C1Cc2ccccc2CN1C(=O)/C=C/c1ccc[nH]1. The van der Waals surface area contributed by atoms with E-state index in [1.165, 1.54) is 6.08 Å². The second-order valence-corrected chi connectivity index (χ2v) is 5.53. The van der Waals surface area contributed by atoms with Gasteiger partial charge in [0.1, 0.15) is 6.04 Å². The highest BCUT2D eigenvalue weighted by atomic mass is 16.2. The Kier molecular flexibility index (Phi) is 4.28. The van der Waals surface area contributed by atoms with Gasteiger partial charge in [0.15, 0.2) is 0 Å². The van der Waals surface area contributed by atoms with Gasteiger partial charge in [-0.25, -0.2) is 0 Å². The van der Waals surface area contributed by atoms with Crippen LogP contribution in [0.25, 0.3) is 6.08 Å². The first-order valence-electron chi connectivity index (χ1n) is 7.59. The quantitative estimate of drug-likeness (QED) is 0.848. The monoisotopic (exact) mass is 309 g/mol. The Morgan fingerprint density at radius 1 is 1.22 bits per heavy atom. The van der Waals surface area contributed by atoms with E-state index in [2.05, 4.69) is 10.3 Å². The molecule has 5 heteroatoms. The van der Waals surface area contributed by atoms with Crippen molar-refractivity contribution in [2.24, 2.45) is 0 Å². The fourth-order valence-electron chi connectivity index (χ4n) is 2.86. The van der Waals surface area contributed by atoms with Crippen LogP contribution in [0.2, 0.25) is 0 Å². The van der Waals surface area contributed by atoms with Gasteiger partial charge >= 0.3 is 0 Å². The summed E-state index contributed by atoms with van der Waals surface area (Å²) in [5.74, 6) is -0.302. The summed E-state index contributed by atoms with van der Waals surface area (Å²) in [5, 5.41) is 2.66. The van der Waals surface area contributed by atoms with Gasteiger partial charge in [0, 0.05) is 38.0 Å². The van der Waals surface area contributed by atoms with E-state index in [1.54, 1.807) is 24.2 Å². The van der Waals surface area contributed by atoms with Crippen LogP contribution in [0, 0.1) is 0 Å². The summed E-state index contributed by atoms with van der Waals surface area (Å²) in [7, 11) is 1.60. The summed E-state index contributed by atoms with van der Waals surface area (Å²) in [6, 6.07) is 11.2. The van der Waals surface area contributed by atoms with Crippen molar-refractivity contribution < 1.29 is 9.59 Å². The van der Waals surface area contributed by atoms with Crippen LogP contribution in [-0.2, 0) is 22.6 Å². The van der Waals surface area contributed by atoms with Gasteiger partial charge in [-0.1, -0.05) is 24.3 Å². The van der Waals surface area contributed by atoms with E-state index in [-0.39, 0.29) is 11.8 Å². The van der Waals surface area contributed by atoms with E-state index in [1.807, 2.05) is 36.4 Å². The van der Waals surface area contributed by atoms with Crippen LogP contribution in [0.5, 0.6) is 0 Å². The number of nitrogens with zero attached hydrogens (tertiary/aromatic N) is 1. The first-order valence-corrected chi connectivity index (χ1v) is 7.59. The number of hydrogen-bond acceptors (Lipinski definition) is 2. The lowest BCUT2D eigenvalue weighted by molar-refractivity contribution is -0.138. The number of carbonyl (C=O) groups is 2. The molecule has 0 saturated carbocycles. The van der Waals surface area contributed by atoms with Crippen molar-refractivity contribution >= 4 is 17.9 Å². The van der Waals surface area contributed by atoms with Gasteiger partial charge in [0.25, 0.3) is 0 Å². The number of carbonyl (C=O) groups excluding carboxylic acids is 2. The number of fused-ring (bicyclic) bond motifs is 1. The first-order chi connectivity index (χ1) is 11.2. The summed E-state index contributed by atoms with van der Waals surface area (Å²) in [6.07, 6.45) is 5.58. The number of aromatic amines is 1. The molecule has 1 aliphatic rings. The Morgan fingerprint density at radius 2 is 2.00 bits per heavy atom. The third kappa shape index (κ3) is 3.18. The molecule has 23 heavy (non-hydrogen) atoms. The second-order valence-electron chi connectivity index (χ2n) is 5.53. The van der Waals surface area contributed by atoms with Crippen molar-refractivity contribution in [1.82, 2.24) is 15.2 Å². The molecule has 2 amide bonds. The van der Waals surface area contributed by atoms with E-state index in [0.717, 1.165) is 16.8 Å². The van der Waals surface area contributed by atoms with Crippen LogP contribution in [-0.4, -0.2) is 34.8 Å². The Labute approximate surface area is 135 Å². The third-order valence-electron chi connectivity index (χ3n) is 4.11. The van der Waals surface area contributed by atoms with E-state index in [0.29, 0.717) is 13.0 Å². The van der Waals surface area contributed by atoms with Gasteiger partial charge < -0.3 is 15.2 Å². The Bertz CT molecular complexity index is 734. The predicted molar refractivity (Wildman–Crippen MR) is 88.4 cm³/mol. The van der Waals surface area contributed by atoms with E-state index < -0.39 is 6.04 Å². The Hall–Kier alpha value is -2.82. The average molecular weight is 309 g/mol. The molecule has 0 aliphatic carbocycles. The minimum atomic E-state index is -0.476. The highest BCUT2D eigenvalue weighted by Crippen LogP contribution is 2.24. The summed E-state index contributed by atoms with van der Waals surface area (Å²) in [4.78, 5) is 29.4. The van der Waals surface area contributed by atoms with Crippen molar-refractivity contribution in [3.05, 3.63) is 65.5 Å². The highest BCUT2D eigenvalue weighted by Gasteiger charge is 2.33. The molecule has 0 spiro atoms. The first kappa shape index (κ1) is 15.1. The number of likely N-dealkylation sites (N-methyl/N-ethyl adjacent to an activating group) is 1. The van der Waals surface area contributed by atoms with Crippen LogP contribution >= 0.6 is 0 Å². The smallest absolute Gasteiger partial charge is 0.247 e. The van der Waals surface area contributed by atoms with Crippen molar-refractivity contribution in [3.63, 3.8) is 0 Å². The lowest BCUT2D eigenvalue weighted by atomic mass is 9.93. The molecule has 118 valence electrons. The molecule has 1 unspecified atom stereocenters. The Balaban J connectivity index is 1.85. The topological polar surface area (TPSA) is 65.2 Å². The molecule has 1 aromatic carbocycles. The van der Waals surface area contributed by atoms with Gasteiger partial charge in [-0.2, -0.15) is 0 Å². The van der Waals surface area contributed by atoms with Crippen LogP contribution in [0.15, 0.2) is 48.7 Å². The lowest BCUT2D eigenvalue weighted by Gasteiger charge is -2.35. The molecule has 3 rings (SSSR count). The molecule has 0 radical (unpaired) electrons. The van der Waals surface area contributed by atoms with E-state index >= 15 is 0 Å². The third-order valence-corrected chi connectivity index (χ3v) is 4.11. The molecular formula is C18H19N3O2. The average Bonchev–Trinajstić information content (AvgIpc) is 3.11. The van der Waals surface area contributed by atoms with Crippen molar-refractivity contribution in [3.8, 4) is 0 Å². The zero-order chi connectivity index (χ0) is 16.2. The van der Waals surface area contributed by atoms with Gasteiger partial charge in [0.2, 0.25) is 11.8 Å². The van der Waals surface area contributed by atoms with Gasteiger partial charge in [-0.05, 0) is 29.3 Å². The van der Waals surface area contributed by atoms with Gasteiger partial charge in [-0.3, -0.25) is 9.59 Å². The maximum absolute atomic E-state index is 12.6. The molecule has 2 aromatic rings. The number of H-pyrrole nitrogens is 1. The lowest BCUT2D eigenvalue weighted by Crippen LogP contribution is -2.51. The predicted octanol–water partition coefficient (Wildman–Crippen LogP) is 1.73. The fourth-order valence-corrected chi connectivity index (χ4v) is 2.86. The normalized spacial score (nSPS) is 17.1. The highest BCUT2D eigenvalue weighted by molar-refractivity contribution is 5.95. The molecule has 2 heterocycles. The maximum atomic E-state index is 12.6. The summed E-state index contributed by atoms with van der Waals surface area (Å²) in [6.45, 7) is 0.447. The largest absolute Gasteiger partial charge is 0.362 e. The number of nitrogens with one attached hydrogen (secondary N) is 2. The van der Waals surface area contributed by atoms with Gasteiger partial charge in [-0.15, -0.1) is 0 Å². The van der Waals surface area contributed by atoms with Crippen molar-refractivity contribution in [2.45, 2.75) is 19.0 Å². The molecule has 1 atom stereocenters. The van der Waals surface area contributed by atoms with Crippen LogP contribution in [0.1, 0.15) is 16.8 Å². The summed E-state index contributed by atoms with van der Waals surface area (Å²) in [5.41, 5.74) is 3.07. The second kappa shape index (κ2) is 6.52. The minimum Gasteiger partial charge on any atom is -0.362 e. The molecule has 1 aliphatic heterocycles. The standard InChI is InChI=1S/C18H19N3O2/c1-19-18(23)16-11-13-5-2-3-6-14(13)12-21(16)17(22)9-8-15-7-4-10-20-15/h2-10,16,20H,11-12H2,1H3,(H,19,23)/b9-8+. The minimum absolute atomic E-state index is 0.138. The number of rotatable bonds is 3. The molecule has 2 N–H and O–H groups in total. The van der Waals surface area contributed by atoms with Crippen molar-refractivity contribution in [1.29, 1.82) is 0 Å².